The maximum absolute atomic E-state index is 12.7. The van der Waals surface area contributed by atoms with Crippen LogP contribution < -0.4 is 0 Å². The molecule has 0 aliphatic carbocycles. The van der Waals surface area contributed by atoms with Gasteiger partial charge in [-0.05, 0) is 25.5 Å². The van der Waals surface area contributed by atoms with Crippen molar-refractivity contribution in [2.45, 2.75) is 26.2 Å². The summed E-state index contributed by atoms with van der Waals surface area (Å²) in [7, 11) is 0. The summed E-state index contributed by atoms with van der Waals surface area (Å²) in [5.74, 6) is -0.180. The van der Waals surface area contributed by atoms with Crippen LogP contribution in [0.3, 0.4) is 0 Å². The maximum Gasteiger partial charge on any atom is 0.255 e. The van der Waals surface area contributed by atoms with E-state index in [9.17, 15) is 14.4 Å². The highest BCUT2D eigenvalue weighted by molar-refractivity contribution is 6.33. The Kier molecular flexibility index (Phi) is 7.04. The summed E-state index contributed by atoms with van der Waals surface area (Å²) in [6.07, 6.45) is 1.08. The summed E-state index contributed by atoms with van der Waals surface area (Å²) >= 11 is 6.14. The molecule has 0 atom stereocenters. The predicted octanol–water partition coefficient (Wildman–Crippen LogP) is 3.99. The van der Waals surface area contributed by atoms with Crippen LogP contribution in [0.1, 0.15) is 45.5 Å². The number of carbonyl (C=O) groups is 3. The van der Waals surface area contributed by atoms with Crippen LogP contribution in [0, 0.1) is 6.92 Å². The van der Waals surface area contributed by atoms with Crippen molar-refractivity contribution in [1.29, 1.82) is 0 Å². The molecule has 152 valence electrons. The molecule has 1 saturated heterocycles. The van der Waals surface area contributed by atoms with Crippen molar-refractivity contribution in [3.05, 3.63) is 70.2 Å². The molecule has 0 radical (unpaired) electrons. The molecule has 2 aromatic rings. The van der Waals surface area contributed by atoms with Crippen LogP contribution in [0.4, 0.5) is 0 Å². The molecule has 1 aliphatic rings. The van der Waals surface area contributed by atoms with E-state index in [1.807, 2.05) is 19.1 Å². The third-order valence-corrected chi connectivity index (χ3v) is 5.51. The van der Waals surface area contributed by atoms with Gasteiger partial charge in [0.2, 0.25) is 5.91 Å². The summed E-state index contributed by atoms with van der Waals surface area (Å²) in [5, 5.41) is 0.435. The number of nitrogens with zero attached hydrogens (tertiary/aromatic N) is 2. The van der Waals surface area contributed by atoms with Gasteiger partial charge in [-0.25, -0.2) is 0 Å². The van der Waals surface area contributed by atoms with Gasteiger partial charge >= 0.3 is 0 Å². The second-order valence-corrected chi connectivity index (χ2v) is 7.70. The van der Waals surface area contributed by atoms with Crippen molar-refractivity contribution in [1.82, 2.24) is 9.80 Å². The van der Waals surface area contributed by atoms with E-state index >= 15 is 0 Å². The molecule has 0 saturated carbocycles. The summed E-state index contributed by atoms with van der Waals surface area (Å²) in [6.45, 7) is 4.06. The minimum atomic E-state index is -0.112. The molecule has 2 aromatic carbocycles. The molecule has 0 aromatic heterocycles. The molecule has 1 heterocycles. The molecular weight excluding hydrogens is 388 g/mol. The van der Waals surface area contributed by atoms with E-state index in [2.05, 4.69) is 0 Å². The Morgan fingerprint density at radius 1 is 0.862 bits per heavy atom. The molecule has 0 spiro atoms. The van der Waals surface area contributed by atoms with Crippen molar-refractivity contribution in [3.8, 4) is 0 Å². The van der Waals surface area contributed by atoms with Gasteiger partial charge in [-0.3, -0.25) is 14.4 Å². The van der Waals surface area contributed by atoms with E-state index in [1.54, 1.807) is 46.2 Å². The maximum atomic E-state index is 12.7. The minimum Gasteiger partial charge on any atom is -0.341 e. The number of aryl methyl sites for hydroxylation is 1. The van der Waals surface area contributed by atoms with Crippen LogP contribution in [0.15, 0.2) is 48.5 Å². The van der Waals surface area contributed by atoms with Crippen LogP contribution in [0.5, 0.6) is 0 Å². The number of carbonyl (C=O) groups excluding carboxylic acids is 3. The minimum absolute atomic E-state index is 0.0244. The lowest BCUT2D eigenvalue weighted by atomic mass is 10.0. The molecule has 1 aliphatic heterocycles. The summed E-state index contributed by atoms with van der Waals surface area (Å²) in [5.41, 5.74) is 2.21. The summed E-state index contributed by atoms with van der Waals surface area (Å²) < 4.78 is 0. The third-order valence-electron chi connectivity index (χ3n) is 5.18. The number of hydrogen-bond donors (Lipinski definition) is 0. The zero-order chi connectivity index (χ0) is 20.8. The van der Waals surface area contributed by atoms with Gasteiger partial charge in [-0.15, -0.1) is 0 Å². The first-order valence-corrected chi connectivity index (χ1v) is 10.2. The Hall–Kier alpha value is -2.66. The fourth-order valence-corrected chi connectivity index (χ4v) is 3.65. The predicted molar refractivity (Wildman–Crippen MR) is 113 cm³/mol. The molecular formula is C23H25ClN2O3. The fourth-order valence-electron chi connectivity index (χ4n) is 3.44. The number of rotatable bonds is 5. The molecule has 6 heteroatoms. The lowest BCUT2D eigenvalue weighted by Crippen LogP contribution is -2.37. The molecule has 2 amide bonds. The van der Waals surface area contributed by atoms with Crippen molar-refractivity contribution in [3.63, 3.8) is 0 Å². The van der Waals surface area contributed by atoms with E-state index < -0.39 is 0 Å². The van der Waals surface area contributed by atoms with Gasteiger partial charge in [0.25, 0.3) is 5.91 Å². The summed E-state index contributed by atoms with van der Waals surface area (Å²) in [4.78, 5) is 41.1. The van der Waals surface area contributed by atoms with E-state index in [0.717, 1.165) is 5.56 Å². The Morgan fingerprint density at radius 2 is 1.52 bits per heavy atom. The SMILES string of the molecule is Cc1ccc(C(=O)CCC(=O)N2CCCN(C(=O)c3ccccc3Cl)CC2)cc1. The standard InChI is InChI=1S/C23H25ClN2O3/c1-17-7-9-18(10-8-17)21(27)11-12-22(28)25-13-4-14-26(16-15-25)23(29)19-5-2-3-6-20(19)24/h2-3,5-10H,4,11-16H2,1H3. The molecule has 0 N–H and O–H groups in total. The lowest BCUT2D eigenvalue weighted by molar-refractivity contribution is -0.131. The van der Waals surface area contributed by atoms with Crippen molar-refractivity contribution >= 4 is 29.2 Å². The van der Waals surface area contributed by atoms with Crippen LogP contribution in [0.2, 0.25) is 5.02 Å². The Bertz CT molecular complexity index is 895. The Balaban J connectivity index is 1.53. The highest BCUT2D eigenvalue weighted by Crippen LogP contribution is 2.18. The van der Waals surface area contributed by atoms with E-state index in [1.165, 1.54) is 0 Å². The molecule has 0 bridgehead atoms. The normalized spacial score (nSPS) is 14.4. The van der Waals surface area contributed by atoms with Crippen LogP contribution >= 0.6 is 11.6 Å². The number of amides is 2. The van der Waals surface area contributed by atoms with Gasteiger partial charge < -0.3 is 9.80 Å². The van der Waals surface area contributed by atoms with Crippen LogP contribution in [-0.2, 0) is 4.79 Å². The lowest BCUT2D eigenvalue weighted by Gasteiger charge is -2.22. The van der Waals surface area contributed by atoms with Gasteiger partial charge in [0.05, 0.1) is 10.6 Å². The van der Waals surface area contributed by atoms with Crippen LogP contribution in [0.25, 0.3) is 0 Å². The van der Waals surface area contributed by atoms with Gasteiger partial charge in [-0.2, -0.15) is 0 Å². The van der Waals surface area contributed by atoms with Crippen molar-refractivity contribution in [2.75, 3.05) is 26.2 Å². The molecule has 29 heavy (non-hydrogen) atoms. The smallest absolute Gasteiger partial charge is 0.255 e. The van der Waals surface area contributed by atoms with Crippen molar-refractivity contribution in [2.24, 2.45) is 0 Å². The van der Waals surface area contributed by atoms with Gasteiger partial charge in [0, 0.05) is 44.6 Å². The highest BCUT2D eigenvalue weighted by atomic mass is 35.5. The van der Waals surface area contributed by atoms with Crippen LogP contribution in [-0.4, -0.2) is 53.6 Å². The van der Waals surface area contributed by atoms with Gasteiger partial charge in [-0.1, -0.05) is 53.6 Å². The largest absolute Gasteiger partial charge is 0.341 e. The number of halogens is 1. The second kappa shape index (κ2) is 9.70. The van der Waals surface area contributed by atoms with Crippen molar-refractivity contribution < 1.29 is 14.4 Å². The first-order chi connectivity index (χ1) is 14.0. The summed E-state index contributed by atoms with van der Waals surface area (Å²) in [6, 6.07) is 14.4. The van der Waals surface area contributed by atoms with E-state index in [-0.39, 0.29) is 30.4 Å². The number of ketones is 1. The molecule has 5 nitrogen and oxygen atoms in total. The quantitative estimate of drug-likeness (QED) is 0.698. The zero-order valence-corrected chi connectivity index (χ0v) is 17.3. The average Bonchev–Trinajstić information content (AvgIpc) is 2.98. The number of Topliss-reactive ketones (excluding diaryl/α,β-unsaturated/α-hetero) is 1. The molecule has 3 rings (SSSR count). The second-order valence-electron chi connectivity index (χ2n) is 7.30. The van der Waals surface area contributed by atoms with Gasteiger partial charge in [0.1, 0.15) is 0 Å². The third kappa shape index (κ3) is 5.45. The van der Waals surface area contributed by atoms with Gasteiger partial charge in [0.15, 0.2) is 5.78 Å². The zero-order valence-electron chi connectivity index (χ0n) is 16.6. The number of benzene rings is 2. The van der Waals surface area contributed by atoms with E-state index in [4.69, 9.17) is 11.6 Å². The first-order valence-electron chi connectivity index (χ1n) is 9.87. The first kappa shape index (κ1) is 21.1. The number of hydrogen-bond acceptors (Lipinski definition) is 3. The highest BCUT2D eigenvalue weighted by Gasteiger charge is 2.24. The Morgan fingerprint density at radius 3 is 2.24 bits per heavy atom. The molecule has 1 fully saturated rings. The van der Waals surface area contributed by atoms with E-state index in [0.29, 0.717) is 48.7 Å². The topological polar surface area (TPSA) is 57.7 Å². The fraction of sp³-hybridized carbons (Fsp3) is 0.348. The monoisotopic (exact) mass is 412 g/mol. The molecule has 0 unspecified atom stereocenters. The Labute approximate surface area is 176 Å². The average molecular weight is 413 g/mol.